The van der Waals surface area contributed by atoms with Gasteiger partial charge < -0.3 is 10.4 Å². The van der Waals surface area contributed by atoms with Gasteiger partial charge in [0, 0.05) is 17.3 Å². The van der Waals surface area contributed by atoms with E-state index in [9.17, 15) is 9.59 Å². The second-order valence-electron chi connectivity index (χ2n) is 3.65. The highest BCUT2D eigenvalue weighted by molar-refractivity contribution is 5.92. The number of rotatable bonds is 4. The Bertz CT molecular complexity index is 615. The molecule has 2 aromatic rings. The van der Waals surface area contributed by atoms with E-state index in [1.54, 1.807) is 30.5 Å². The number of anilines is 1. The van der Waals surface area contributed by atoms with Crippen LogP contribution in [-0.2, 0) is 9.63 Å². The predicted molar refractivity (Wildman–Crippen MR) is 67.5 cm³/mol. The number of hydrogen-bond donors (Lipinski definition) is 3. The summed E-state index contributed by atoms with van der Waals surface area (Å²) in [5.74, 6) is -1.17. The maximum absolute atomic E-state index is 11.4. The number of hydroxylamine groups is 1. The molecule has 19 heavy (non-hydrogen) atoms. The normalized spacial score (nSPS) is 10.1. The lowest BCUT2D eigenvalue weighted by atomic mass is 10.2. The number of carbonyl (C=O) groups is 2. The predicted octanol–water partition coefficient (Wildman–Crippen LogP) is 1.37. The highest BCUT2D eigenvalue weighted by atomic mass is 16.7. The quantitative estimate of drug-likeness (QED) is 0.722. The van der Waals surface area contributed by atoms with Gasteiger partial charge in [-0.1, -0.05) is 6.07 Å². The first-order chi connectivity index (χ1) is 9.15. The molecule has 3 N–H and O–H groups in total. The number of aromatic nitrogens is 1. The van der Waals surface area contributed by atoms with Crippen LogP contribution in [0.2, 0.25) is 0 Å². The third-order valence-corrected chi connectivity index (χ3v) is 2.22. The van der Waals surface area contributed by atoms with E-state index in [0.29, 0.717) is 5.69 Å². The van der Waals surface area contributed by atoms with Gasteiger partial charge >= 0.3 is 12.0 Å². The molecule has 2 rings (SSSR count). The topological polar surface area (TPSA) is 101 Å². The summed E-state index contributed by atoms with van der Waals surface area (Å²) in [6.07, 6.45) is 1.68. The highest BCUT2D eigenvalue weighted by Crippen LogP contribution is 2.16. The molecule has 0 aliphatic rings. The first kappa shape index (κ1) is 12.8. The van der Waals surface area contributed by atoms with Crippen molar-refractivity contribution in [2.24, 2.45) is 0 Å². The van der Waals surface area contributed by atoms with E-state index in [4.69, 9.17) is 5.11 Å². The summed E-state index contributed by atoms with van der Waals surface area (Å²) >= 11 is 0. The van der Waals surface area contributed by atoms with E-state index in [1.165, 1.54) is 0 Å². The van der Waals surface area contributed by atoms with Gasteiger partial charge in [-0.2, -0.15) is 0 Å². The number of pyridine rings is 1. The monoisotopic (exact) mass is 261 g/mol. The second-order valence-corrected chi connectivity index (χ2v) is 3.65. The fraction of sp³-hybridized carbons (Fsp3) is 0.0833. The lowest BCUT2D eigenvalue weighted by Gasteiger charge is -2.07. The van der Waals surface area contributed by atoms with E-state index in [1.807, 2.05) is 11.5 Å². The van der Waals surface area contributed by atoms with E-state index < -0.39 is 18.6 Å². The molecule has 0 spiro atoms. The van der Waals surface area contributed by atoms with Gasteiger partial charge in [0.15, 0.2) is 6.61 Å². The third-order valence-electron chi connectivity index (χ3n) is 2.22. The van der Waals surface area contributed by atoms with Crippen molar-refractivity contribution in [3.63, 3.8) is 0 Å². The zero-order valence-electron chi connectivity index (χ0n) is 9.79. The van der Waals surface area contributed by atoms with Gasteiger partial charge in [-0.25, -0.2) is 15.1 Å². The van der Waals surface area contributed by atoms with Crippen molar-refractivity contribution in [2.45, 2.75) is 0 Å². The number of carbonyl (C=O) groups excluding carboxylic acids is 1. The molecule has 0 saturated heterocycles. The molecule has 0 saturated carbocycles. The summed E-state index contributed by atoms with van der Waals surface area (Å²) in [7, 11) is 0. The maximum atomic E-state index is 11.4. The van der Waals surface area contributed by atoms with E-state index >= 15 is 0 Å². The molecule has 1 aromatic heterocycles. The number of carboxylic acids is 1. The minimum atomic E-state index is -1.17. The van der Waals surface area contributed by atoms with Crippen molar-refractivity contribution in [1.29, 1.82) is 0 Å². The van der Waals surface area contributed by atoms with E-state index in [-0.39, 0.29) is 0 Å². The first-order valence-corrected chi connectivity index (χ1v) is 5.40. The minimum Gasteiger partial charge on any atom is -0.479 e. The van der Waals surface area contributed by atoms with Crippen molar-refractivity contribution in [3.8, 4) is 0 Å². The van der Waals surface area contributed by atoms with Crippen LogP contribution >= 0.6 is 0 Å². The van der Waals surface area contributed by atoms with Crippen LogP contribution in [0.25, 0.3) is 10.9 Å². The van der Waals surface area contributed by atoms with Crippen LogP contribution in [0.5, 0.6) is 0 Å². The molecule has 98 valence electrons. The summed E-state index contributed by atoms with van der Waals surface area (Å²) < 4.78 is 0. The van der Waals surface area contributed by atoms with Gasteiger partial charge in [0.25, 0.3) is 0 Å². The Morgan fingerprint density at radius 1 is 1.32 bits per heavy atom. The summed E-state index contributed by atoms with van der Waals surface area (Å²) in [4.78, 5) is 30.2. The molecule has 7 nitrogen and oxygen atoms in total. The number of nitrogens with zero attached hydrogens (tertiary/aromatic N) is 1. The molecule has 2 amide bonds. The van der Waals surface area contributed by atoms with Crippen LogP contribution in [0.15, 0.2) is 36.5 Å². The Balaban J connectivity index is 1.97. The highest BCUT2D eigenvalue weighted by Gasteiger charge is 2.04. The van der Waals surface area contributed by atoms with Crippen LogP contribution in [-0.4, -0.2) is 28.7 Å². The summed E-state index contributed by atoms with van der Waals surface area (Å²) in [5, 5.41) is 11.7. The second kappa shape index (κ2) is 5.78. The average molecular weight is 261 g/mol. The van der Waals surface area contributed by atoms with E-state index in [0.717, 1.165) is 10.9 Å². The van der Waals surface area contributed by atoms with Gasteiger partial charge in [-0.15, -0.1) is 0 Å². The fourth-order valence-corrected chi connectivity index (χ4v) is 1.47. The lowest BCUT2D eigenvalue weighted by Crippen LogP contribution is -2.30. The molecule has 1 heterocycles. The van der Waals surface area contributed by atoms with Crippen LogP contribution < -0.4 is 10.8 Å². The zero-order valence-corrected chi connectivity index (χ0v) is 9.79. The van der Waals surface area contributed by atoms with Crippen molar-refractivity contribution in [1.82, 2.24) is 10.5 Å². The zero-order chi connectivity index (χ0) is 13.7. The largest absolute Gasteiger partial charge is 0.479 e. The molecule has 0 aliphatic carbocycles. The van der Waals surface area contributed by atoms with Crippen molar-refractivity contribution >= 4 is 28.6 Å². The summed E-state index contributed by atoms with van der Waals surface area (Å²) in [6.45, 7) is -0.602. The smallest absolute Gasteiger partial charge is 0.343 e. The molecule has 1 aromatic carbocycles. The molecule has 0 bridgehead atoms. The van der Waals surface area contributed by atoms with Gasteiger partial charge in [-0.3, -0.25) is 9.82 Å². The summed E-state index contributed by atoms with van der Waals surface area (Å²) in [5.41, 5.74) is 3.33. The minimum absolute atomic E-state index is 0.553. The first-order valence-electron chi connectivity index (χ1n) is 5.40. The molecule has 0 fully saturated rings. The molecule has 0 aliphatic heterocycles. The van der Waals surface area contributed by atoms with E-state index in [2.05, 4.69) is 15.1 Å². The number of hydrogen-bond acceptors (Lipinski definition) is 4. The van der Waals surface area contributed by atoms with Crippen LogP contribution in [0.3, 0.4) is 0 Å². The van der Waals surface area contributed by atoms with Gasteiger partial charge in [0.2, 0.25) is 0 Å². The number of urea groups is 1. The number of carboxylic acid groups (broad SMARTS) is 1. The van der Waals surface area contributed by atoms with Crippen LogP contribution in [0.4, 0.5) is 10.5 Å². The summed E-state index contributed by atoms with van der Waals surface area (Å²) in [6, 6.07) is 8.22. The fourth-order valence-electron chi connectivity index (χ4n) is 1.47. The number of nitrogens with one attached hydrogen (secondary N) is 2. The Kier molecular flexibility index (Phi) is 3.89. The SMILES string of the molecule is O=C(O)CONC(=O)Nc1ccc2ncccc2c1. The number of benzene rings is 1. The molecular formula is C12H11N3O4. The Labute approximate surface area is 108 Å². The van der Waals surface area contributed by atoms with Gasteiger partial charge in [-0.05, 0) is 24.3 Å². The number of aliphatic carboxylic acids is 1. The third kappa shape index (κ3) is 3.65. The van der Waals surface area contributed by atoms with Crippen LogP contribution in [0.1, 0.15) is 0 Å². The molecule has 7 heteroatoms. The number of fused-ring (bicyclic) bond motifs is 1. The Morgan fingerprint density at radius 3 is 2.95 bits per heavy atom. The average Bonchev–Trinajstić information content (AvgIpc) is 2.38. The van der Waals surface area contributed by atoms with Crippen molar-refractivity contribution < 1.29 is 19.5 Å². The molecule has 0 atom stereocenters. The molecule has 0 unspecified atom stereocenters. The van der Waals surface area contributed by atoms with Gasteiger partial charge in [0.1, 0.15) is 0 Å². The molecule has 0 radical (unpaired) electrons. The van der Waals surface area contributed by atoms with Crippen molar-refractivity contribution in [3.05, 3.63) is 36.5 Å². The van der Waals surface area contributed by atoms with Gasteiger partial charge in [0.05, 0.1) is 5.52 Å². The van der Waals surface area contributed by atoms with Crippen molar-refractivity contribution in [2.75, 3.05) is 11.9 Å². The standard InChI is InChI=1S/C12H11N3O4/c16-11(17)7-19-15-12(18)14-9-3-4-10-8(6-9)2-1-5-13-10/h1-6H,7H2,(H,16,17)(H2,14,15,18). The van der Waals surface area contributed by atoms with Crippen LogP contribution in [0, 0.1) is 0 Å². The maximum Gasteiger partial charge on any atom is 0.343 e. The Morgan fingerprint density at radius 2 is 2.16 bits per heavy atom. The molecular weight excluding hydrogens is 250 g/mol. The lowest BCUT2D eigenvalue weighted by molar-refractivity contribution is -0.143. The number of amides is 2. The Hall–Kier alpha value is -2.67.